The molecule has 0 spiro atoms. The smallest absolute Gasteiger partial charge is 0.269 e. The summed E-state index contributed by atoms with van der Waals surface area (Å²) in [7, 11) is 0. The van der Waals surface area contributed by atoms with Gasteiger partial charge in [-0.05, 0) is 35.4 Å². The lowest BCUT2D eigenvalue weighted by Gasteiger charge is -2.12. The zero-order chi connectivity index (χ0) is 17.6. The minimum Gasteiger partial charge on any atom is -0.399 e. The van der Waals surface area contributed by atoms with Gasteiger partial charge in [-0.25, -0.2) is 0 Å². The normalized spacial score (nSPS) is 10.1. The maximum absolute atomic E-state index is 12.3. The summed E-state index contributed by atoms with van der Waals surface area (Å²) in [6.45, 7) is 3.90. The van der Waals surface area contributed by atoms with Crippen LogP contribution in [0.1, 0.15) is 15.9 Å². The number of nitrogen functional groups attached to an aromatic ring is 1. The second kappa shape index (κ2) is 7.36. The number of benzene rings is 3. The van der Waals surface area contributed by atoms with Gasteiger partial charge in [0.25, 0.3) is 5.91 Å². The third-order valence-corrected chi connectivity index (χ3v) is 3.82. The Bertz CT molecular complexity index is 887. The summed E-state index contributed by atoms with van der Waals surface area (Å²) in [6, 6.07) is 24.7. The molecule has 0 unspecified atom stereocenters. The van der Waals surface area contributed by atoms with Crippen LogP contribution in [0.2, 0.25) is 0 Å². The Hall–Kier alpha value is -3.53. The molecule has 0 atom stereocenters. The van der Waals surface area contributed by atoms with E-state index in [1.165, 1.54) is 0 Å². The molecule has 0 bridgehead atoms. The van der Waals surface area contributed by atoms with Gasteiger partial charge in [-0.2, -0.15) is 0 Å². The summed E-state index contributed by atoms with van der Waals surface area (Å²) in [6.07, 6.45) is 0. The van der Waals surface area contributed by atoms with Gasteiger partial charge in [0.15, 0.2) is 0 Å². The van der Waals surface area contributed by atoms with Gasteiger partial charge in [-0.15, -0.1) is 0 Å². The van der Waals surface area contributed by atoms with Crippen molar-refractivity contribution in [3.8, 4) is 11.1 Å². The lowest BCUT2D eigenvalue weighted by molar-refractivity contribution is 0.0942. The fourth-order valence-electron chi connectivity index (χ4n) is 2.45. The molecule has 4 nitrogen and oxygen atoms in total. The van der Waals surface area contributed by atoms with Crippen molar-refractivity contribution < 1.29 is 4.79 Å². The van der Waals surface area contributed by atoms with Gasteiger partial charge in [0.1, 0.15) is 0 Å². The second-order valence-electron chi connectivity index (χ2n) is 5.63. The average Bonchev–Trinajstić information content (AvgIpc) is 2.66. The van der Waals surface area contributed by atoms with E-state index in [0.717, 1.165) is 16.7 Å². The molecule has 3 aromatic carbocycles. The van der Waals surface area contributed by atoms with Gasteiger partial charge in [0.2, 0.25) is 0 Å². The number of amides is 1. The molecular formula is C21H19N3O. The third-order valence-electron chi connectivity index (χ3n) is 3.82. The van der Waals surface area contributed by atoms with Crippen molar-refractivity contribution in [2.75, 3.05) is 5.73 Å². The highest BCUT2D eigenvalue weighted by Gasteiger charge is 2.07. The van der Waals surface area contributed by atoms with Crippen molar-refractivity contribution in [1.29, 1.82) is 0 Å². The largest absolute Gasteiger partial charge is 0.399 e. The van der Waals surface area contributed by atoms with Crippen molar-refractivity contribution >= 4 is 17.3 Å². The summed E-state index contributed by atoms with van der Waals surface area (Å²) in [5.74, 6) is -0.232. The van der Waals surface area contributed by atoms with Crippen molar-refractivity contribution in [3.63, 3.8) is 0 Å². The first kappa shape index (κ1) is 16.3. The Labute approximate surface area is 147 Å². The van der Waals surface area contributed by atoms with Gasteiger partial charge in [0, 0.05) is 16.8 Å². The zero-order valence-corrected chi connectivity index (χ0v) is 13.7. The van der Waals surface area contributed by atoms with E-state index in [0.29, 0.717) is 16.9 Å². The molecule has 124 valence electrons. The lowest BCUT2D eigenvalue weighted by atomic mass is 10.0. The van der Waals surface area contributed by atoms with Gasteiger partial charge in [-0.1, -0.05) is 61.2 Å². The minimum atomic E-state index is -0.232. The van der Waals surface area contributed by atoms with Crippen LogP contribution in [-0.4, -0.2) is 5.91 Å². The van der Waals surface area contributed by atoms with Crippen molar-refractivity contribution in [3.05, 3.63) is 96.6 Å². The number of nitrogens with two attached hydrogens (primary N) is 1. The van der Waals surface area contributed by atoms with E-state index in [1.807, 2.05) is 54.6 Å². The Morgan fingerprint density at radius 1 is 0.760 bits per heavy atom. The molecule has 0 saturated heterocycles. The quantitative estimate of drug-likeness (QED) is 0.492. The van der Waals surface area contributed by atoms with Crippen LogP contribution in [0.3, 0.4) is 0 Å². The number of anilines is 1. The molecule has 0 aromatic heterocycles. The van der Waals surface area contributed by atoms with Crippen molar-refractivity contribution in [2.24, 2.45) is 0 Å². The van der Waals surface area contributed by atoms with E-state index in [1.54, 1.807) is 24.3 Å². The molecule has 3 rings (SSSR count). The summed E-state index contributed by atoms with van der Waals surface area (Å²) in [4.78, 5) is 12.3. The molecule has 3 aromatic rings. The van der Waals surface area contributed by atoms with E-state index in [2.05, 4.69) is 17.4 Å². The Morgan fingerprint density at radius 3 is 2.12 bits per heavy atom. The molecule has 1 amide bonds. The molecular weight excluding hydrogens is 310 g/mol. The predicted octanol–water partition coefficient (Wildman–Crippen LogP) is 3.84. The Morgan fingerprint density at radius 2 is 1.44 bits per heavy atom. The van der Waals surface area contributed by atoms with Gasteiger partial charge in [-0.3, -0.25) is 15.6 Å². The van der Waals surface area contributed by atoms with Crippen LogP contribution in [0.25, 0.3) is 16.8 Å². The maximum atomic E-state index is 12.3. The molecule has 4 N–H and O–H groups in total. The maximum Gasteiger partial charge on any atom is 0.269 e. The van der Waals surface area contributed by atoms with Crippen LogP contribution in [0.15, 0.2) is 85.4 Å². The molecule has 25 heavy (non-hydrogen) atoms. The minimum absolute atomic E-state index is 0.232. The summed E-state index contributed by atoms with van der Waals surface area (Å²) in [5, 5.41) is 0. The number of hydrogen-bond donors (Lipinski definition) is 3. The van der Waals surface area contributed by atoms with E-state index in [-0.39, 0.29) is 5.91 Å². The number of carbonyl (C=O) groups is 1. The van der Waals surface area contributed by atoms with E-state index in [9.17, 15) is 4.79 Å². The van der Waals surface area contributed by atoms with Crippen LogP contribution >= 0.6 is 0 Å². The number of rotatable bonds is 5. The van der Waals surface area contributed by atoms with E-state index >= 15 is 0 Å². The number of nitrogens with one attached hydrogen (secondary N) is 2. The molecule has 0 aliphatic heterocycles. The van der Waals surface area contributed by atoms with Crippen molar-refractivity contribution in [2.45, 2.75) is 0 Å². The zero-order valence-electron chi connectivity index (χ0n) is 13.7. The van der Waals surface area contributed by atoms with Gasteiger partial charge in [0.05, 0.1) is 5.70 Å². The molecule has 0 aliphatic rings. The summed E-state index contributed by atoms with van der Waals surface area (Å²) in [5.41, 5.74) is 16.0. The SMILES string of the molecule is C=C(NNC(=O)c1ccc(-c2ccccc2)cc1)c1cccc(N)c1. The van der Waals surface area contributed by atoms with Gasteiger partial charge < -0.3 is 5.73 Å². The fourth-order valence-corrected chi connectivity index (χ4v) is 2.45. The number of carbonyl (C=O) groups excluding carboxylic acids is 1. The first-order valence-corrected chi connectivity index (χ1v) is 7.90. The lowest BCUT2D eigenvalue weighted by Crippen LogP contribution is -2.35. The van der Waals surface area contributed by atoms with Crippen LogP contribution in [-0.2, 0) is 0 Å². The topological polar surface area (TPSA) is 67.1 Å². The van der Waals surface area contributed by atoms with Crippen LogP contribution in [0.4, 0.5) is 5.69 Å². The van der Waals surface area contributed by atoms with Crippen LogP contribution in [0.5, 0.6) is 0 Å². The Balaban J connectivity index is 1.63. The highest BCUT2D eigenvalue weighted by atomic mass is 16.2. The van der Waals surface area contributed by atoms with Crippen LogP contribution < -0.4 is 16.6 Å². The highest BCUT2D eigenvalue weighted by molar-refractivity contribution is 5.94. The third kappa shape index (κ3) is 4.06. The van der Waals surface area contributed by atoms with Crippen LogP contribution in [0, 0.1) is 0 Å². The van der Waals surface area contributed by atoms with E-state index < -0.39 is 0 Å². The standard InChI is InChI=1S/C21H19N3O/c1-15(19-8-5-9-20(22)14-19)23-24-21(25)18-12-10-17(11-13-18)16-6-3-2-4-7-16/h2-14,23H,1,22H2,(H,24,25). The number of hydrazine groups is 1. The second-order valence-corrected chi connectivity index (χ2v) is 5.63. The molecule has 0 radical (unpaired) electrons. The number of hydrogen-bond acceptors (Lipinski definition) is 3. The first-order chi connectivity index (χ1) is 12.1. The molecule has 4 heteroatoms. The predicted molar refractivity (Wildman–Crippen MR) is 102 cm³/mol. The fraction of sp³-hybridized carbons (Fsp3) is 0. The van der Waals surface area contributed by atoms with E-state index in [4.69, 9.17) is 5.73 Å². The molecule has 0 aliphatic carbocycles. The molecule has 0 fully saturated rings. The Kier molecular flexibility index (Phi) is 4.81. The van der Waals surface area contributed by atoms with Gasteiger partial charge >= 0.3 is 0 Å². The van der Waals surface area contributed by atoms with Crippen molar-refractivity contribution in [1.82, 2.24) is 10.9 Å². The highest BCUT2D eigenvalue weighted by Crippen LogP contribution is 2.19. The average molecular weight is 329 g/mol. The summed E-state index contributed by atoms with van der Waals surface area (Å²) < 4.78 is 0. The summed E-state index contributed by atoms with van der Waals surface area (Å²) >= 11 is 0. The monoisotopic (exact) mass is 329 g/mol. The first-order valence-electron chi connectivity index (χ1n) is 7.90. The molecule has 0 saturated carbocycles. The molecule has 0 heterocycles.